The molecular formula is C7H5ClFO3S-. The Morgan fingerprint density at radius 3 is 2.85 bits per heavy atom. The Morgan fingerprint density at radius 2 is 2.31 bits per heavy atom. The predicted molar refractivity (Wildman–Crippen MR) is 45.1 cm³/mol. The highest BCUT2D eigenvalue weighted by Gasteiger charge is 2.02. The van der Waals surface area contributed by atoms with Crippen molar-refractivity contribution in [2.75, 3.05) is 0 Å². The van der Waals surface area contributed by atoms with Crippen molar-refractivity contribution < 1.29 is 17.3 Å². The fourth-order valence-electron chi connectivity index (χ4n) is 0.750. The summed E-state index contributed by atoms with van der Waals surface area (Å²) in [5, 5.41) is 0.254. The summed E-state index contributed by atoms with van der Waals surface area (Å²) in [6, 6.07) is 3.91. The van der Waals surface area contributed by atoms with Crippen molar-refractivity contribution in [1.29, 1.82) is 0 Å². The average Bonchev–Trinajstić information content (AvgIpc) is 2.02. The van der Waals surface area contributed by atoms with Crippen LogP contribution in [-0.4, -0.2) is 8.76 Å². The molecule has 6 heteroatoms. The van der Waals surface area contributed by atoms with Crippen LogP contribution in [0.3, 0.4) is 0 Å². The Bertz CT molecular complexity index is 332. The van der Waals surface area contributed by atoms with Gasteiger partial charge in [0.05, 0.1) is 18.0 Å². The molecule has 0 amide bonds. The molecule has 0 aliphatic carbocycles. The minimum Gasteiger partial charge on any atom is -0.750 e. The van der Waals surface area contributed by atoms with Crippen molar-refractivity contribution in [2.24, 2.45) is 0 Å². The normalized spacial score (nSPS) is 12.8. The molecule has 0 spiro atoms. The van der Waals surface area contributed by atoms with Crippen LogP contribution < -0.4 is 0 Å². The fourth-order valence-corrected chi connectivity index (χ4v) is 1.13. The zero-order valence-electron chi connectivity index (χ0n) is 6.33. The summed E-state index contributed by atoms with van der Waals surface area (Å²) in [6.45, 7) is -0.320. The largest absolute Gasteiger partial charge is 0.750 e. The maximum absolute atomic E-state index is 12.9. The number of halogens is 2. The Hall–Kier alpha value is -0.490. The zero-order chi connectivity index (χ0) is 9.84. The molecule has 3 nitrogen and oxygen atoms in total. The number of rotatable bonds is 3. The second-order valence-electron chi connectivity index (χ2n) is 2.20. The van der Waals surface area contributed by atoms with Gasteiger partial charge in [-0.3, -0.25) is 4.18 Å². The van der Waals surface area contributed by atoms with E-state index in [2.05, 4.69) is 4.18 Å². The third kappa shape index (κ3) is 3.40. The first-order valence-electron chi connectivity index (χ1n) is 3.26. The van der Waals surface area contributed by atoms with Gasteiger partial charge >= 0.3 is 0 Å². The molecule has 13 heavy (non-hydrogen) atoms. The van der Waals surface area contributed by atoms with Gasteiger partial charge in [-0.05, 0) is 12.1 Å². The number of benzene rings is 1. The lowest BCUT2D eigenvalue weighted by molar-refractivity contribution is 0.286. The smallest absolute Gasteiger partial charge is 0.130 e. The molecule has 0 heterocycles. The molecule has 0 saturated heterocycles. The Labute approximate surface area is 82.0 Å². The van der Waals surface area contributed by atoms with Crippen LogP contribution >= 0.6 is 11.6 Å². The van der Waals surface area contributed by atoms with Gasteiger partial charge in [0.1, 0.15) is 5.82 Å². The predicted octanol–water partition coefficient (Wildman–Crippen LogP) is 1.79. The van der Waals surface area contributed by atoms with E-state index in [1.165, 1.54) is 12.1 Å². The monoisotopic (exact) mass is 223 g/mol. The third-order valence-corrected chi connectivity index (χ3v) is 1.87. The van der Waals surface area contributed by atoms with Gasteiger partial charge in [-0.1, -0.05) is 17.7 Å². The van der Waals surface area contributed by atoms with Gasteiger partial charge in [0, 0.05) is 10.6 Å². The van der Waals surface area contributed by atoms with Crippen molar-refractivity contribution in [3.63, 3.8) is 0 Å². The second kappa shape index (κ2) is 4.66. The molecule has 0 aliphatic rings. The summed E-state index contributed by atoms with van der Waals surface area (Å²) in [6.07, 6.45) is 0. The van der Waals surface area contributed by atoms with Gasteiger partial charge in [0.2, 0.25) is 0 Å². The van der Waals surface area contributed by atoms with Gasteiger partial charge in [-0.25, -0.2) is 8.60 Å². The minimum atomic E-state index is -2.63. The molecule has 1 rings (SSSR count). The zero-order valence-corrected chi connectivity index (χ0v) is 7.90. The van der Waals surface area contributed by atoms with E-state index < -0.39 is 17.2 Å². The topological polar surface area (TPSA) is 49.4 Å². The lowest BCUT2D eigenvalue weighted by atomic mass is 10.2. The minimum absolute atomic E-state index is 0.147. The van der Waals surface area contributed by atoms with Crippen LogP contribution in [0.5, 0.6) is 0 Å². The molecule has 72 valence electrons. The van der Waals surface area contributed by atoms with E-state index in [1.807, 2.05) is 0 Å². The van der Waals surface area contributed by atoms with E-state index in [0.29, 0.717) is 0 Å². The van der Waals surface area contributed by atoms with Crippen LogP contribution in [0.2, 0.25) is 5.02 Å². The first-order chi connectivity index (χ1) is 6.09. The molecule has 0 radical (unpaired) electrons. The Kier molecular flexibility index (Phi) is 3.80. The van der Waals surface area contributed by atoms with E-state index in [9.17, 15) is 13.2 Å². The molecule has 0 saturated carbocycles. The summed E-state index contributed by atoms with van der Waals surface area (Å²) in [5.41, 5.74) is 0.147. The van der Waals surface area contributed by atoms with Crippen LogP contribution in [0.4, 0.5) is 4.39 Å². The van der Waals surface area contributed by atoms with E-state index in [1.54, 1.807) is 0 Å². The summed E-state index contributed by atoms with van der Waals surface area (Å²) < 4.78 is 37.1. The molecule has 1 aromatic rings. The van der Waals surface area contributed by atoms with Gasteiger partial charge in [-0.15, -0.1) is 0 Å². The molecule has 0 aliphatic heterocycles. The molecular weight excluding hydrogens is 219 g/mol. The van der Waals surface area contributed by atoms with E-state index in [4.69, 9.17) is 11.6 Å². The lowest BCUT2D eigenvalue weighted by Crippen LogP contribution is -1.98. The summed E-state index contributed by atoms with van der Waals surface area (Å²) in [5.74, 6) is -0.585. The van der Waals surface area contributed by atoms with Gasteiger partial charge in [0.25, 0.3) is 0 Å². The lowest BCUT2D eigenvalue weighted by Gasteiger charge is -2.06. The van der Waals surface area contributed by atoms with Crippen molar-refractivity contribution >= 4 is 23.0 Å². The van der Waals surface area contributed by atoms with Crippen LogP contribution in [0, 0.1) is 5.82 Å². The first-order valence-corrected chi connectivity index (χ1v) is 4.64. The van der Waals surface area contributed by atoms with E-state index >= 15 is 0 Å². The fraction of sp³-hybridized carbons (Fsp3) is 0.143. The standard InChI is InChI=1S/C7H6ClFO3S/c8-6-2-1-5(7(9)3-6)4-12-13(10)11/h1-3H,4H2,(H,10,11)/p-1. The van der Waals surface area contributed by atoms with Crippen LogP contribution in [0.1, 0.15) is 5.56 Å². The quantitative estimate of drug-likeness (QED) is 0.734. The third-order valence-electron chi connectivity index (χ3n) is 1.33. The molecule has 1 aromatic carbocycles. The average molecular weight is 224 g/mol. The van der Waals surface area contributed by atoms with Crippen LogP contribution in [0.25, 0.3) is 0 Å². The second-order valence-corrected chi connectivity index (χ2v) is 3.28. The molecule has 1 atom stereocenters. The Balaban J connectivity index is 2.72. The highest BCUT2D eigenvalue weighted by Crippen LogP contribution is 2.15. The molecule has 0 fully saturated rings. The molecule has 0 aromatic heterocycles. The molecule has 0 bridgehead atoms. The Morgan fingerprint density at radius 1 is 1.62 bits per heavy atom. The maximum Gasteiger partial charge on any atom is 0.130 e. The van der Waals surface area contributed by atoms with Crippen LogP contribution in [-0.2, 0) is 22.2 Å². The van der Waals surface area contributed by atoms with E-state index in [-0.39, 0.29) is 17.2 Å². The van der Waals surface area contributed by atoms with Gasteiger partial charge < -0.3 is 4.55 Å². The molecule has 0 N–H and O–H groups in total. The first kappa shape index (κ1) is 10.6. The highest BCUT2D eigenvalue weighted by atomic mass is 35.5. The molecule has 1 unspecified atom stereocenters. The van der Waals surface area contributed by atoms with Crippen molar-refractivity contribution in [1.82, 2.24) is 0 Å². The summed E-state index contributed by atoms with van der Waals surface area (Å²) >= 11 is 2.85. The van der Waals surface area contributed by atoms with Gasteiger partial charge in [-0.2, -0.15) is 0 Å². The summed E-state index contributed by atoms with van der Waals surface area (Å²) in [4.78, 5) is 0. The maximum atomic E-state index is 12.9. The SMILES string of the molecule is O=S([O-])OCc1ccc(Cl)cc1F. The van der Waals surface area contributed by atoms with Gasteiger partial charge in [0.15, 0.2) is 0 Å². The van der Waals surface area contributed by atoms with Crippen molar-refractivity contribution in [2.45, 2.75) is 6.61 Å². The van der Waals surface area contributed by atoms with Crippen LogP contribution in [0.15, 0.2) is 18.2 Å². The summed E-state index contributed by atoms with van der Waals surface area (Å²) in [7, 11) is 0. The highest BCUT2D eigenvalue weighted by molar-refractivity contribution is 7.74. The number of hydrogen-bond donors (Lipinski definition) is 0. The van der Waals surface area contributed by atoms with E-state index in [0.717, 1.165) is 6.07 Å². The van der Waals surface area contributed by atoms with Crippen molar-refractivity contribution in [3.05, 3.63) is 34.6 Å². The van der Waals surface area contributed by atoms with Crippen molar-refractivity contribution in [3.8, 4) is 0 Å². The number of hydrogen-bond acceptors (Lipinski definition) is 3.